The number of hydrogen-bond donors (Lipinski definition) is 0. The van der Waals surface area contributed by atoms with Gasteiger partial charge in [-0.2, -0.15) is 0 Å². The molecule has 0 fully saturated rings. The number of halogens is 1. The number of hydrogen-bond acceptors (Lipinski definition) is 0. The van der Waals surface area contributed by atoms with Gasteiger partial charge in [-0.25, -0.2) is 0 Å². The van der Waals surface area contributed by atoms with E-state index < -0.39 is 0 Å². The van der Waals surface area contributed by atoms with Crippen LogP contribution in [0.15, 0.2) is 66.2 Å². The molecule has 0 saturated carbocycles. The van der Waals surface area contributed by atoms with Crippen molar-refractivity contribution in [3.05, 3.63) is 77.4 Å². The second-order valence-corrected chi connectivity index (χ2v) is 5.11. The lowest BCUT2D eigenvalue weighted by Crippen LogP contribution is -2.00. The fraction of sp³-hybridized carbons (Fsp3) is 0.222. The highest BCUT2D eigenvalue weighted by atomic mass is 35.5. The highest BCUT2D eigenvalue weighted by Gasteiger charge is 2.15. The maximum Gasteiger partial charge on any atom is 0.0473 e. The normalized spacial score (nSPS) is 13.8. The van der Waals surface area contributed by atoms with Gasteiger partial charge >= 0.3 is 0 Å². The lowest BCUT2D eigenvalue weighted by molar-refractivity contribution is 0.763. The fourth-order valence-corrected chi connectivity index (χ4v) is 2.70. The molecule has 0 amide bonds. The lowest BCUT2D eigenvalue weighted by Gasteiger charge is -2.18. The maximum atomic E-state index is 6.56. The first kappa shape index (κ1) is 13.9. The van der Waals surface area contributed by atoms with Crippen molar-refractivity contribution >= 4 is 16.6 Å². The van der Waals surface area contributed by atoms with Crippen LogP contribution in [0.25, 0.3) is 5.03 Å². The highest BCUT2D eigenvalue weighted by Crippen LogP contribution is 2.34. The molecule has 0 bridgehead atoms. The molecular formula is C18H19Cl. The molecule has 2 aromatic carbocycles. The number of benzene rings is 2. The summed E-state index contributed by atoms with van der Waals surface area (Å²) in [7, 11) is 0. The zero-order valence-electron chi connectivity index (χ0n) is 11.4. The summed E-state index contributed by atoms with van der Waals surface area (Å²) in [4.78, 5) is 0. The van der Waals surface area contributed by atoms with Crippen molar-refractivity contribution in [1.29, 1.82) is 0 Å². The predicted octanol–water partition coefficient (Wildman–Crippen LogP) is 5.85. The standard InChI is InChI=1S/C18H19Cl/c1-3-17(15-10-6-4-7-11-15)14(2)18(19)16-12-8-5-9-13-16/h4-13,17H,3H2,1-2H3/b18-14+. The van der Waals surface area contributed by atoms with Crippen LogP contribution in [0.3, 0.4) is 0 Å². The van der Waals surface area contributed by atoms with Crippen LogP contribution in [-0.4, -0.2) is 0 Å². The van der Waals surface area contributed by atoms with E-state index in [4.69, 9.17) is 11.6 Å². The van der Waals surface area contributed by atoms with Gasteiger partial charge in [-0.15, -0.1) is 0 Å². The predicted molar refractivity (Wildman–Crippen MR) is 84.4 cm³/mol. The molecule has 2 rings (SSSR count). The van der Waals surface area contributed by atoms with Crippen LogP contribution < -0.4 is 0 Å². The Morgan fingerprint density at radius 1 is 0.947 bits per heavy atom. The minimum absolute atomic E-state index is 0.383. The van der Waals surface area contributed by atoms with Crippen LogP contribution in [0.2, 0.25) is 0 Å². The van der Waals surface area contributed by atoms with Gasteiger partial charge in [0.25, 0.3) is 0 Å². The van der Waals surface area contributed by atoms with Crippen molar-refractivity contribution < 1.29 is 0 Å². The Labute approximate surface area is 120 Å². The summed E-state index contributed by atoms with van der Waals surface area (Å²) >= 11 is 6.56. The van der Waals surface area contributed by atoms with Crippen molar-refractivity contribution in [2.45, 2.75) is 26.2 Å². The van der Waals surface area contributed by atoms with Crippen LogP contribution in [0, 0.1) is 0 Å². The first-order valence-electron chi connectivity index (χ1n) is 6.70. The molecular weight excluding hydrogens is 252 g/mol. The molecule has 0 aliphatic heterocycles. The Bertz CT molecular complexity index is 540. The average Bonchev–Trinajstić information content (AvgIpc) is 2.49. The van der Waals surface area contributed by atoms with Gasteiger partial charge in [0.2, 0.25) is 0 Å². The summed E-state index contributed by atoms with van der Waals surface area (Å²) in [5, 5.41) is 0.872. The molecule has 1 atom stereocenters. The molecule has 0 spiro atoms. The minimum atomic E-state index is 0.383. The lowest BCUT2D eigenvalue weighted by atomic mass is 9.88. The van der Waals surface area contributed by atoms with Crippen molar-refractivity contribution in [2.75, 3.05) is 0 Å². The van der Waals surface area contributed by atoms with Gasteiger partial charge in [0.15, 0.2) is 0 Å². The Hall–Kier alpha value is -1.53. The third-order valence-electron chi connectivity index (χ3n) is 3.51. The van der Waals surface area contributed by atoms with Crippen molar-refractivity contribution in [3.63, 3.8) is 0 Å². The SMILES string of the molecule is CCC(/C(C)=C(/Cl)c1ccccc1)c1ccccc1. The fourth-order valence-electron chi connectivity index (χ4n) is 2.44. The molecule has 1 unspecified atom stereocenters. The van der Waals surface area contributed by atoms with E-state index >= 15 is 0 Å². The van der Waals surface area contributed by atoms with Crippen molar-refractivity contribution in [2.24, 2.45) is 0 Å². The van der Waals surface area contributed by atoms with Gasteiger partial charge in [0, 0.05) is 11.0 Å². The van der Waals surface area contributed by atoms with E-state index in [0.717, 1.165) is 17.0 Å². The molecule has 19 heavy (non-hydrogen) atoms. The van der Waals surface area contributed by atoms with E-state index in [1.165, 1.54) is 11.1 Å². The molecule has 2 aromatic rings. The Kier molecular flexibility index (Phi) is 4.81. The van der Waals surface area contributed by atoms with Crippen LogP contribution in [0.1, 0.15) is 37.3 Å². The van der Waals surface area contributed by atoms with Crippen LogP contribution in [0.5, 0.6) is 0 Å². The molecule has 0 N–H and O–H groups in total. The summed E-state index contributed by atoms with van der Waals surface area (Å²) in [5.74, 6) is 0.383. The van der Waals surface area contributed by atoms with E-state index in [9.17, 15) is 0 Å². The van der Waals surface area contributed by atoms with Crippen molar-refractivity contribution in [3.8, 4) is 0 Å². The highest BCUT2D eigenvalue weighted by molar-refractivity contribution is 6.49. The summed E-state index contributed by atoms with van der Waals surface area (Å²) in [5.41, 5.74) is 3.66. The second kappa shape index (κ2) is 6.58. The number of rotatable bonds is 4. The third-order valence-corrected chi connectivity index (χ3v) is 4.02. The van der Waals surface area contributed by atoms with E-state index in [1.54, 1.807) is 0 Å². The van der Waals surface area contributed by atoms with Gasteiger partial charge < -0.3 is 0 Å². The molecule has 0 aliphatic rings. The second-order valence-electron chi connectivity index (χ2n) is 4.73. The van der Waals surface area contributed by atoms with E-state index in [-0.39, 0.29) is 0 Å². The molecule has 0 heterocycles. The van der Waals surface area contributed by atoms with Crippen LogP contribution >= 0.6 is 11.6 Å². The molecule has 0 aliphatic carbocycles. The monoisotopic (exact) mass is 270 g/mol. The first-order chi connectivity index (χ1) is 9.24. The zero-order valence-corrected chi connectivity index (χ0v) is 12.2. The largest absolute Gasteiger partial charge is 0.0837 e. The summed E-state index contributed by atoms with van der Waals surface area (Å²) in [6.07, 6.45) is 1.05. The zero-order chi connectivity index (χ0) is 13.7. The van der Waals surface area contributed by atoms with Gasteiger partial charge in [-0.3, -0.25) is 0 Å². The van der Waals surface area contributed by atoms with Gasteiger partial charge in [0.05, 0.1) is 0 Å². The van der Waals surface area contributed by atoms with Gasteiger partial charge in [-0.05, 0) is 30.0 Å². The third kappa shape index (κ3) is 3.27. The quantitative estimate of drug-likeness (QED) is 0.654. The Balaban J connectivity index is 2.38. The average molecular weight is 271 g/mol. The Morgan fingerprint density at radius 3 is 2.00 bits per heavy atom. The maximum absolute atomic E-state index is 6.56. The molecule has 1 heteroatoms. The molecule has 0 aromatic heterocycles. The van der Waals surface area contributed by atoms with Crippen LogP contribution in [-0.2, 0) is 0 Å². The smallest absolute Gasteiger partial charge is 0.0473 e. The molecule has 0 radical (unpaired) electrons. The topological polar surface area (TPSA) is 0 Å². The summed E-state index contributed by atoms with van der Waals surface area (Å²) in [6, 6.07) is 20.7. The van der Waals surface area contributed by atoms with Gasteiger partial charge in [-0.1, -0.05) is 79.2 Å². The molecule has 98 valence electrons. The number of allylic oxidation sites excluding steroid dienone is 1. The first-order valence-corrected chi connectivity index (χ1v) is 7.08. The molecule has 0 nitrogen and oxygen atoms in total. The van der Waals surface area contributed by atoms with Gasteiger partial charge in [0.1, 0.15) is 0 Å². The van der Waals surface area contributed by atoms with E-state index in [0.29, 0.717) is 5.92 Å². The minimum Gasteiger partial charge on any atom is -0.0837 e. The van der Waals surface area contributed by atoms with Crippen molar-refractivity contribution in [1.82, 2.24) is 0 Å². The van der Waals surface area contributed by atoms with Crippen LogP contribution in [0.4, 0.5) is 0 Å². The molecule has 0 saturated heterocycles. The Morgan fingerprint density at radius 2 is 1.47 bits per heavy atom. The van der Waals surface area contributed by atoms with E-state index in [2.05, 4.69) is 50.2 Å². The summed E-state index contributed by atoms with van der Waals surface area (Å²) < 4.78 is 0. The van der Waals surface area contributed by atoms with E-state index in [1.807, 2.05) is 24.3 Å². The summed E-state index contributed by atoms with van der Waals surface area (Å²) in [6.45, 7) is 4.34.